The highest BCUT2D eigenvalue weighted by Gasteiger charge is 2.18. The minimum Gasteiger partial charge on any atom is -0.306 e. The Kier molecular flexibility index (Phi) is 2.17. The first-order chi connectivity index (χ1) is 7.75. The zero-order valence-electron chi connectivity index (χ0n) is 9.04. The van der Waals surface area contributed by atoms with E-state index in [4.69, 9.17) is 0 Å². The van der Waals surface area contributed by atoms with E-state index in [-0.39, 0.29) is 5.56 Å². The van der Waals surface area contributed by atoms with Gasteiger partial charge in [-0.05, 0) is 43.2 Å². The lowest BCUT2D eigenvalue weighted by Gasteiger charge is -2.02. The van der Waals surface area contributed by atoms with Crippen LogP contribution in [0, 0.1) is 6.92 Å². The second-order valence-corrected chi connectivity index (χ2v) is 5.04. The van der Waals surface area contributed by atoms with Crippen molar-refractivity contribution in [2.45, 2.75) is 26.2 Å². The summed E-state index contributed by atoms with van der Waals surface area (Å²) in [4.78, 5) is 20.4. The van der Waals surface area contributed by atoms with Crippen molar-refractivity contribution < 1.29 is 0 Å². The van der Waals surface area contributed by atoms with Gasteiger partial charge >= 0.3 is 0 Å². The quantitative estimate of drug-likeness (QED) is 0.820. The molecule has 1 aliphatic carbocycles. The van der Waals surface area contributed by atoms with Crippen LogP contribution in [-0.4, -0.2) is 9.97 Å². The number of rotatable bonds is 1. The number of aromatic nitrogens is 2. The Morgan fingerprint density at radius 1 is 1.44 bits per heavy atom. The van der Waals surface area contributed by atoms with Crippen LogP contribution in [0.15, 0.2) is 16.2 Å². The predicted octanol–water partition coefficient (Wildman–Crippen LogP) is 2.30. The van der Waals surface area contributed by atoms with Crippen molar-refractivity contribution in [1.29, 1.82) is 0 Å². The molecule has 0 fully saturated rings. The molecule has 0 saturated heterocycles. The average molecular weight is 232 g/mol. The van der Waals surface area contributed by atoms with Gasteiger partial charge in [-0.3, -0.25) is 4.79 Å². The Balaban J connectivity index is 2.21. The van der Waals surface area contributed by atoms with E-state index in [2.05, 4.69) is 9.97 Å². The van der Waals surface area contributed by atoms with E-state index in [1.807, 2.05) is 18.4 Å². The molecule has 0 aromatic carbocycles. The lowest BCUT2D eigenvalue weighted by atomic mass is 10.2. The SMILES string of the molecule is Cc1ccsc1-c1nc2c(c(=O)[nH]1)CCC2. The van der Waals surface area contributed by atoms with Gasteiger partial charge in [0.1, 0.15) is 0 Å². The van der Waals surface area contributed by atoms with Crippen LogP contribution in [0.4, 0.5) is 0 Å². The lowest BCUT2D eigenvalue weighted by molar-refractivity contribution is 0.899. The number of nitrogens with zero attached hydrogens (tertiary/aromatic N) is 1. The Morgan fingerprint density at radius 2 is 2.31 bits per heavy atom. The Hall–Kier alpha value is -1.42. The molecule has 2 aromatic rings. The van der Waals surface area contributed by atoms with Crippen molar-refractivity contribution in [3.05, 3.63) is 38.6 Å². The summed E-state index contributed by atoms with van der Waals surface area (Å²) in [6.45, 7) is 2.04. The summed E-state index contributed by atoms with van der Waals surface area (Å²) >= 11 is 1.62. The molecular formula is C12H12N2OS. The molecule has 0 amide bonds. The molecule has 1 aliphatic rings. The summed E-state index contributed by atoms with van der Waals surface area (Å²) in [7, 11) is 0. The van der Waals surface area contributed by atoms with Crippen LogP contribution in [0.2, 0.25) is 0 Å². The van der Waals surface area contributed by atoms with E-state index in [9.17, 15) is 4.79 Å². The number of aromatic amines is 1. The number of hydrogen-bond donors (Lipinski definition) is 1. The van der Waals surface area contributed by atoms with Gasteiger partial charge in [-0.25, -0.2) is 4.98 Å². The second kappa shape index (κ2) is 3.56. The molecule has 1 N–H and O–H groups in total. The first-order valence-electron chi connectivity index (χ1n) is 5.42. The highest BCUT2D eigenvalue weighted by atomic mass is 32.1. The van der Waals surface area contributed by atoms with Gasteiger partial charge in [0.25, 0.3) is 5.56 Å². The smallest absolute Gasteiger partial charge is 0.254 e. The van der Waals surface area contributed by atoms with Crippen molar-refractivity contribution in [3.8, 4) is 10.7 Å². The van der Waals surface area contributed by atoms with Crippen LogP contribution in [0.1, 0.15) is 23.2 Å². The predicted molar refractivity (Wildman–Crippen MR) is 64.9 cm³/mol. The average Bonchev–Trinajstić information content (AvgIpc) is 2.85. The molecule has 0 radical (unpaired) electrons. The fraction of sp³-hybridized carbons (Fsp3) is 0.333. The van der Waals surface area contributed by atoms with Gasteiger partial charge in [0.2, 0.25) is 0 Å². The maximum absolute atomic E-state index is 11.8. The summed E-state index contributed by atoms with van der Waals surface area (Å²) in [5.74, 6) is 0.734. The van der Waals surface area contributed by atoms with E-state index < -0.39 is 0 Å². The zero-order valence-corrected chi connectivity index (χ0v) is 9.86. The molecule has 16 heavy (non-hydrogen) atoms. The van der Waals surface area contributed by atoms with Crippen LogP contribution in [0.25, 0.3) is 10.7 Å². The minimum atomic E-state index is 0.0466. The highest BCUT2D eigenvalue weighted by molar-refractivity contribution is 7.13. The molecule has 0 spiro atoms. The standard InChI is InChI=1S/C12H12N2OS/c1-7-5-6-16-10(7)11-13-9-4-2-3-8(9)12(15)14-11/h5-6H,2-4H2,1H3,(H,13,14,15). The Bertz CT molecular complexity index is 597. The number of nitrogens with one attached hydrogen (secondary N) is 1. The third-order valence-electron chi connectivity index (χ3n) is 3.02. The van der Waals surface area contributed by atoms with Crippen molar-refractivity contribution in [2.75, 3.05) is 0 Å². The molecule has 2 heterocycles. The molecule has 82 valence electrons. The Morgan fingerprint density at radius 3 is 3.06 bits per heavy atom. The van der Waals surface area contributed by atoms with E-state index in [1.54, 1.807) is 11.3 Å². The van der Waals surface area contributed by atoms with Crippen LogP contribution in [0.5, 0.6) is 0 Å². The van der Waals surface area contributed by atoms with Gasteiger partial charge in [-0.1, -0.05) is 0 Å². The monoisotopic (exact) mass is 232 g/mol. The molecule has 2 aromatic heterocycles. The maximum Gasteiger partial charge on any atom is 0.254 e. The summed E-state index contributed by atoms with van der Waals surface area (Å²) in [6, 6.07) is 2.05. The van der Waals surface area contributed by atoms with Gasteiger partial charge in [-0.15, -0.1) is 11.3 Å². The van der Waals surface area contributed by atoms with Crippen LogP contribution in [0.3, 0.4) is 0 Å². The third-order valence-corrected chi connectivity index (χ3v) is 4.04. The topological polar surface area (TPSA) is 45.8 Å². The third kappa shape index (κ3) is 1.41. The van der Waals surface area contributed by atoms with Crippen molar-refractivity contribution in [2.24, 2.45) is 0 Å². The summed E-state index contributed by atoms with van der Waals surface area (Å²) in [6.07, 6.45) is 2.87. The zero-order chi connectivity index (χ0) is 11.1. The molecule has 0 atom stereocenters. The van der Waals surface area contributed by atoms with E-state index >= 15 is 0 Å². The van der Waals surface area contributed by atoms with Crippen LogP contribution >= 0.6 is 11.3 Å². The van der Waals surface area contributed by atoms with Gasteiger partial charge in [0.15, 0.2) is 5.82 Å². The Labute approximate surface area is 97.2 Å². The molecule has 0 saturated carbocycles. The fourth-order valence-electron chi connectivity index (χ4n) is 2.16. The summed E-state index contributed by atoms with van der Waals surface area (Å²) < 4.78 is 0. The first kappa shape index (κ1) is 9.78. The van der Waals surface area contributed by atoms with E-state index in [0.29, 0.717) is 0 Å². The molecule has 0 bridgehead atoms. The second-order valence-electron chi connectivity index (χ2n) is 4.13. The maximum atomic E-state index is 11.8. The van der Waals surface area contributed by atoms with Gasteiger partial charge in [-0.2, -0.15) is 0 Å². The minimum absolute atomic E-state index is 0.0466. The lowest BCUT2D eigenvalue weighted by Crippen LogP contribution is -2.15. The highest BCUT2D eigenvalue weighted by Crippen LogP contribution is 2.27. The largest absolute Gasteiger partial charge is 0.306 e. The number of H-pyrrole nitrogens is 1. The summed E-state index contributed by atoms with van der Waals surface area (Å²) in [5.41, 5.74) is 3.10. The van der Waals surface area contributed by atoms with Crippen molar-refractivity contribution in [3.63, 3.8) is 0 Å². The summed E-state index contributed by atoms with van der Waals surface area (Å²) in [5, 5.41) is 2.03. The first-order valence-corrected chi connectivity index (χ1v) is 6.30. The number of fused-ring (bicyclic) bond motifs is 1. The van der Waals surface area contributed by atoms with Crippen LogP contribution < -0.4 is 5.56 Å². The van der Waals surface area contributed by atoms with Crippen LogP contribution in [-0.2, 0) is 12.8 Å². The van der Waals surface area contributed by atoms with Gasteiger partial charge in [0, 0.05) is 5.56 Å². The normalized spacial score (nSPS) is 14.1. The molecule has 0 unspecified atom stereocenters. The number of thiophene rings is 1. The molecule has 4 heteroatoms. The fourth-order valence-corrected chi connectivity index (χ4v) is 3.04. The number of aryl methyl sites for hydroxylation is 2. The molecule has 3 rings (SSSR count). The number of hydrogen-bond acceptors (Lipinski definition) is 3. The van der Waals surface area contributed by atoms with Gasteiger partial charge < -0.3 is 4.98 Å². The van der Waals surface area contributed by atoms with E-state index in [1.165, 1.54) is 5.56 Å². The van der Waals surface area contributed by atoms with E-state index in [0.717, 1.165) is 41.2 Å². The molecule has 3 nitrogen and oxygen atoms in total. The molecular weight excluding hydrogens is 220 g/mol. The van der Waals surface area contributed by atoms with Crippen molar-refractivity contribution in [1.82, 2.24) is 9.97 Å². The van der Waals surface area contributed by atoms with Gasteiger partial charge in [0.05, 0.1) is 10.6 Å². The van der Waals surface area contributed by atoms with Crippen molar-refractivity contribution >= 4 is 11.3 Å². The molecule has 0 aliphatic heterocycles.